The van der Waals surface area contributed by atoms with E-state index in [1.807, 2.05) is 53.7 Å². The molecule has 2 rings (SSSR count). The van der Waals surface area contributed by atoms with Crippen LogP contribution in [0, 0.1) is 17.3 Å². The quantitative estimate of drug-likeness (QED) is 0.347. The molecule has 3 atom stereocenters. The number of ether oxygens (including phenoxy) is 1. The lowest BCUT2D eigenvalue weighted by molar-refractivity contribution is -0.158. The van der Waals surface area contributed by atoms with Crippen LogP contribution in [0.2, 0.25) is 5.02 Å². The van der Waals surface area contributed by atoms with Gasteiger partial charge in [-0.15, -0.1) is 0 Å². The van der Waals surface area contributed by atoms with Gasteiger partial charge in [0.1, 0.15) is 17.7 Å². The van der Waals surface area contributed by atoms with Crippen molar-refractivity contribution in [2.45, 2.75) is 85.1 Å². The van der Waals surface area contributed by atoms with Crippen LogP contribution in [0.15, 0.2) is 24.3 Å². The number of amides is 3. The van der Waals surface area contributed by atoms with Gasteiger partial charge in [0, 0.05) is 23.5 Å². The molecule has 1 aromatic rings. The third-order valence-corrected chi connectivity index (χ3v) is 7.60. The summed E-state index contributed by atoms with van der Waals surface area (Å²) in [6, 6.07) is 5.08. The minimum absolute atomic E-state index is 0.0409. The van der Waals surface area contributed by atoms with Crippen molar-refractivity contribution in [1.29, 1.82) is 0 Å². The van der Waals surface area contributed by atoms with Crippen LogP contribution in [0.5, 0.6) is 0 Å². The number of urea groups is 1. The summed E-state index contributed by atoms with van der Waals surface area (Å²) in [4.78, 5) is 40.2. The molecular weight excluding hydrogens is 508 g/mol. The Kier molecular flexibility index (Phi) is 10.2. The molecule has 0 aromatic heterocycles. The molecule has 0 spiro atoms. The van der Waals surface area contributed by atoms with E-state index >= 15 is 0 Å². The summed E-state index contributed by atoms with van der Waals surface area (Å²) in [5.41, 5.74) is 3.86. The van der Waals surface area contributed by atoms with Crippen molar-refractivity contribution in [2.24, 2.45) is 23.0 Å². The van der Waals surface area contributed by atoms with E-state index in [-0.39, 0.29) is 24.3 Å². The Morgan fingerprint density at radius 2 is 1.71 bits per heavy atom. The van der Waals surface area contributed by atoms with E-state index < -0.39 is 40.7 Å². The van der Waals surface area contributed by atoms with Crippen molar-refractivity contribution < 1.29 is 24.2 Å². The number of halogens is 1. The molecule has 1 heterocycles. The molecule has 10 heteroatoms. The van der Waals surface area contributed by atoms with Crippen molar-refractivity contribution in [3.8, 4) is 0 Å². The first-order valence-electron chi connectivity index (χ1n) is 13.2. The molecule has 1 saturated heterocycles. The number of aliphatic hydroxyl groups is 1. The molecular formula is C28H45ClN4O5. The zero-order chi connectivity index (χ0) is 29.1. The van der Waals surface area contributed by atoms with E-state index in [1.165, 1.54) is 0 Å². The highest BCUT2D eigenvalue weighted by molar-refractivity contribution is 6.30. The van der Waals surface area contributed by atoms with Crippen molar-refractivity contribution in [3.63, 3.8) is 0 Å². The molecule has 3 amide bonds. The molecule has 0 unspecified atom stereocenters. The number of rotatable bonds is 9. The molecule has 0 bridgehead atoms. The highest BCUT2D eigenvalue weighted by atomic mass is 35.5. The Labute approximate surface area is 231 Å². The fraction of sp³-hybridized carbons (Fsp3) is 0.679. The predicted molar refractivity (Wildman–Crippen MR) is 148 cm³/mol. The van der Waals surface area contributed by atoms with Gasteiger partial charge in [0.15, 0.2) is 0 Å². The monoisotopic (exact) mass is 552 g/mol. The molecule has 1 aliphatic rings. The van der Waals surface area contributed by atoms with Gasteiger partial charge in [0.05, 0.1) is 12.1 Å². The highest BCUT2D eigenvalue weighted by Crippen LogP contribution is 2.46. The van der Waals surface area contributed by atoms with Gasteiger partial charge in [-0.25, -0.2) is 4.79 Å². The number of likely N-dealkylation sites (tertiary alicyclic amines) is 1. The van der Waals surface area contributed by atoms with E-state index in [0.717, 1.165) is 5.56 Å². The number of benzene rings is 1. The zero-order valence-electron chi connectivity index (χ0n) is 23.9. The van der Waals surface area contributed by atoms with Crippen molar-refractivity contribution in [2.75, 3.05) is 19.6 Å². The van der Waals surface area contributed by atoms with Gasteiger partial charge in [0.2, 0.25) is 5.91 Å². The second-order valence-corrected chi connectivity index (χ2v) is 12.7. The highest BCUT2D eigenvalue weighted by Gasteiger charge is 2.50. The number of nitrogens with one attached hydrogen (secondary N) is 2. The molecule has 38 heavy (non-hydrogen) atoms. The molecule has 0 aliphatic carbocycles. The average Bonchev–Trinajstić information content (AvgIpc) is 2.81. The topological polar surface area (TPSA) is 134 Å². The minimum atomic E-state index is -1.13. The molecule has 0 saturated carbocycles. The fourth-order valence-electron chi connectivity index (χ4n) is 4.62. The van der Waals surface area contributed by atoms with E-state index in [2.05, 4.69) is 10.6 Å². The lowest BCUT2D eigenvalue weighted by Crippen LogP contribution is -2.61. The largest absolute Gasteiger partial charge is 0.457 e. The van der Waals surface area contributed by atoms with Crippen LogP contribution in [-0.4, -0.2) is 65.2 Å². The van der Waals surface area contributed by atoms with Gasteiger partial charge in [-0.2, -0.15) is 0 Å². The summed E-state index contributed by atoms with van der Waals surface area (Å²) in [7, 11) is 0. The standard InChI is InChI=1S/C28H45ClN4O5/c1-17(2)21(30)24(35)38-27(7,8)15-31-25(36)32-22(18(3)4)23(34)33-14-13-28(37,26(5,6)16-33)19-9-11-20(29)12-10-19/h9-12,17-18,21-22,37H,13-16,30H2,1-8H3,(H2,31,32,36)/t21-,22+,28-/m0/s1. The Hall–Kier alpha value is -2.36. The first-order chi connectivity index (χ1) is 17.4. The maximum atomic E-state index is 13.5. The maximum absolute atomic E-state index is 13.5. The second kappa shape index (κ2) is 12.2. The summed E-state index contributed by atoms with van der Waals surface area (Å²) < 4.78 is 5.48. The van der Waals surface area contributed by atoms with Gasteiger partial charge in [0.25, 0.3) is 0 Å². The Balaban J connectivity index is 2.03. The minimum Gasteiger partial charge on any atom is -0.457 e. The zero-order valence-corrected chi connectivity index (χ0v) is 24.7. The number of hydrogen-bond acceptors (Lipinski definition) is 6. The number of carbonyl (C=O) groups is 3. The van der Waals surface area contributed by atoms with Gasteiger partial charge in [-0.05, 0) is 49.8 Å². The number of nitrogens with zero attached hydrogens (tertiary/aromatic N) is 1. The second-order valence-electron chi connectivity index (χ2n) is 12.3. The van der Waals surface area contributed by atoms with Crippen molar-refractivity contribution in [1.82, 2.24) is 15.5 Å². The first-order valence-corrected chi connectivity index (χ1v) is 13.6. The Morgan fingerprint density at radius 3 is 2.21 bits per heavy atom. The van der Waals surface area contributed by atoms with E-state index in [4.69, 9.17) is 22.1 Å². The summed E-state index contributed by atoms with van der Waals surface area (Å²) in [6.45, 7) is 15.3. The average molecular weight is 553 g/mol. The lowest BCUT2D eigenvalue weighted by Gasteiger charge is -2.51. The maximum Gasteiger partial charge on any atom is 0.323 e. The third kappa shape index (κ3) is 7.61. The van der Waals surface area contributed by atoms with Crippen LogP contribution in [0.1, 0.15) is 67.4 Å². The Morgan fingerprint density at radius 1 is 1.13 bits per heavy atom. The summed E-state index contributed by atoms with van der Waals surface area (Å²) >= 11 is 6.03. The number of esters is 1. The normalized spacial score (nSPS) is 21.1. The van der Waals surface area contributed by atoms with E-state index in [0.29, 0.717) is 24.5 Å². The summed E-state index contributed by atoms with van der Waals surface area (Å²) in [5.74, 6) is -0.999. The molecule has 1 fully saturated rings. The Bertz CT molecular complexity index is 995. The molecule has 0 radical (unpaired) electrons. The van der Waals surface area contributed by atoms with Gasteiger partial charge >= 0.3 is 12.0 Å². The van der Waals surface area contributed by atoms with Crippen LogP contribution in [0.25, 0.3) is 0 Å². The van der Waals surface area contributed by atoms with E-state index in [9.17, 15) is 19.5 Å². The summed E-state index contributed by atoms with van der Waals surface area (Å²) in [6.07, 6.45) is 0.350. The molecule has 9 nitrogen and oxygen atoms in total. The van der Waals surface area contributed by atoms with Gasteiger partial charge in [-0.3, -0.25) is 9.59 Å². The van der Waals surface area contributed by atoms with Crippen molar-refractivity contribution in [3.05, 3.63) is 34.9 Å². The van der Waals surface area contributed by atoms with Crippen LogP contribution in [0.4, 0.5) is 4.79 Å². The smallest absolute Gasteiger partial charge is 0.323 e. The van der Waals surface area contributed by atoms with Crippen LogP contribution in [0.3, 0.4) is 0 Å². The molecule has 5 N–H and O–H groups in total. The molecule has 214 valence electrons. The van der Waals surface area contributed by atoms with E-state index in [1.54, 1.807) is 30.9 Å². The molecule has 1 aromatic carbocycles. The predicted octanol–water partition coefficient (Wildman–Crippen LogP) is 3.42. The number of carbonyl (C=O) groups excluding carboxylic acids is 3. The number of piperidine rings is 1. The van der Waals surface area contributed by atoms with Crippen LogP contribution < -0.4 is 16.4 Å². The number of hydrogen-bond donors (Lipinski definition) is 4. The first kappa shape index (κ1) is 31.9. The van der Waals surface area contributed by atoms with Gasteiger partial charge in [-0.1, -0.05) is 65.3 Å². The summed E-state index contributed by atoms with van der Waals surface area (Å²) in [5, 5.41) is 17.7. The number of nitrogens with two attached hydrogens (primary N) is 1. The lowest BCUT2D eigenvalue weighted by atomic mass is 9.66. The van der Waals surface area contributed by atoms with Crippen LogP contribution in [-0.2, 0) is 19.9 Å². The molecule has 1 aliphatic heterocycles. The van der Waals surface area contributed by atoms with Gasteiger partial charge < -0.3 is 31.1 Å². The third-order valence-electron chi connectivity index (χ3n) is 7.34. The fourth-order valence-corrected chi connectivity index (χ4v) is 4.74. The SMILES string of the molecule is CC(C)[C@H](N)C(=O)OC(C)(C)CNC(=O)N[C@@H](C(=O)N1CC[C@](O)(c2ccc(Cl)cc2)C(C)(C)C1)C(C)C. The van der Waals surface area contributed by atoms with Crippen LogP contribution >= 0.6 is 11.6 Å². The van der Waals surface area contributed by atoms with Crippen molar-refractivity contribution >= 4 is 29.5 Å².